The minimum Gasteiger partial charge on any atom is -0.469 e. The van der Waals surface area contributed by atoms with Gasteiger partial charge in [-0.15, -0.1) is 0 Å². The quantitative estimate of drug-likeness (QED) is 0.632. The van der Waals surface area contributed by atoms with Gasteiger partial charge in [0.15, 0.2) is 5.96 Å². The Bertz CT molecular complexity index is 613. The van der Waals surface area contributed by atoms with Gasteiger partial charge in [-0.25, -0.2) is 0 Å². The summed E-state index contributed by atoms with van der Waals surface area (Å²) in [5.41, 5.74) is 0. The SMILES string of the molecule is O=C(C1CCCO1)N1CCN(C(=NCCc2ccco2)NC2CC2)CC1. The van der Waals surface area contributed by atoms with E-state index in [-0.39, 0.29) is 12.0 Å². The maximum absolute atomic E-state index is 12.5. The molecule has 3 aliphatic rings. The minimum atomic E-state index is -0.215. The zero-order valence-corrected chi connectivity index (χ0v) is 15.2. The largest absolute Gasteiger partial charge is 0.469 e. The van der Waals surface area contributed by atoms with E-state index in [1.807, 2.05) is 17.0 Å². The Morgan fingerprint density at radius 2 is 2.00 bits per heavy atom. The van der Waals surface area contributed by atoms with E-state index in [1.54, 1.807) is 6.26 Å². The summed E-state index contributed by atoms with van der Waals surface area (Å²) in [6.45, 7) is 4.53. The molecule has 1 unspecified atom stereocenters. The van der Waals surface area contributed by atoms with Gasteiger partial charge in [-0.05, 0) is 37.8 Å². The Labute approximate surface area is 154 Å². The zero-order chi connectivity index (χ0) is 17.8. The third-order valence-electron chi connectivity index (χ3n) is 5.21. The number of aliphatic imine (C=N–C) groups is 1. The van der Waals surface area contributed by atoms with Crippen LogP contribution in [0.2, 0.25) is 0 Å². The van der Waals surface area contributed by atoms with Crippen molar-refractivity contribution in [1.29, 1.82) is 0 Å². The van der Waals surface area contributed by atoms with Crippen LogP contribution in [0.4, 0.5) is 0 Å². The smallest absolute Gasteiger partial charge is 0.251 e. The Kier molecular flexibility index (Phi) is 5.43. The second kappa shape index (κ2) is 8.12. The zero-order valence-electron chi connectivity index (χ0n) is 15.2. The van der Waals surface area contributed by atoms with Gasteiger partial charge >= 0.3 is 0 Å². The normalized spacial score (nSPS) is 24.2. The second-order valence-corrected chi connectivity index (χ2v) is 7.27. The molecule has 1 aliphatic carbocycles. The third-order valence-corrected chi connectivity index (χ3v) is 5.21. The third kappa shape index (κ3) is 4.38. The number of amides is 1. The molecule has 1 aromatic rings. The molecule has 7 nitrogen and oxygen atoms in total. The first-order valence-corrected chi connectivity index (χ1v) is 9.78. The molecule has 1 amide bonds. The molecule has 0 radical (unpaired) electrons. The molecule has 1 N–H and O–H groups in total. The van der Waals surface area contributed by atoms with Gasteiger partial charge in [0.1, 0.15) is 11.9 Å². The van der Waals surface area contributed by atoms with Crippen molar-refractivity contribution in [3.8, 4) is 0 Å². The molecule has 0 aromatic carbocycles. The molecule has 3 heterocycles. The maximum Gasteiger partial charge on any atom is 0.251 e. The molecule has 0 spiro atoms. The van der Waals surface area contributed by atoms with Crippen molar-refractivity contribution in [2.24, 2.45) is 4.99 Å². The first-order chi connectivity index (χ1) is 12.8. The van der Waals surface area contributed by atoms with Gasteiger partial charge in [0.2, 0.25) is 0 Å². The van der Waals surface area contributed by atoms with Crippen LogP contribution < -0.4 is 5.32 Å². The highest BCUT2D eigenvalue weighted by Gasteiger charge is 2.32. The topological polar surface area (TPSA) is 70.3 Å². The fourth-order valence-electron chi connectivity index (χ4n) is 3.49. The molecular weight excluding hydrogens is 332 g/mol. The van der Waals surface area contributed by atoms with Crippen LogP contribution in [0.25, 0.3) is 0 Å². The number of furan rings is 1. The van der Waals surface area contributed by atoms with Gasteiger partial charge in [-0.1, -0.05) is 0 Å². The minimum absolute atomic E-state index is 0.161. The number of rotatable bonds is 5. The molecule has 1 aromatic heterocycles. The van der Waals surface area contributed by atoms with E-state index in [9.17, 15) is 4.79 Å². The molecule has 7 heteroatoms. The number of carbonyl (C=O) groups excluding carboxylic acids is 1. The van der Waals surface area contributed by atoms with Gasteiger partial charge in [-0.2, -0.15) is 0 Å². The lowest BCUT2D eigenvalue weighted by Crippen LogP contribution is -2.55. The molecule has 142 valence electrons. The predicted molar refractivity (Wildman–Crippen MR) is 98.0 cm³/mol. The number of hydrogen-bond donors (Lipinski definition) is 1. The first-order valence-electron chi connectivity index (χ1n) is 9.78. The summed E-state index contributed by atoms with van der Waals surface area (Å²) in [6, 6.07) is 4.45. The number of nitrogens with zero attached hydrogens (tertiary/aromatic N) is 3. The van der Waals surface area contributed by atoms with Crippen LogP contribution in [-0.2, 0) is 16.0 Å². The molecule has 3 fully saturated rings. The first kappa shape index (κ1) is 17.4. The Hall–Kier alpha value is -2.02. The van der Waals surface area contributed by atoms with Gasteiger partial charge in [0, 0.05) is 51.8 Å². The monoisotopic (exact) mass is 360 g/mol. The Balaban J connectivity index is 1.30. The highest BCUT2D eigenvalue weighted by atomic mass is 16.5. The molecular formula is C19H28N4O3. The summed E-state index contributed by atoms with van der Waals surface area (Å²) in [4.78, 5) is 21.5. The summed E-state index contributed by atoms with van der Waals surface area (Å²) in [7, 11) is 0. The fraction of sp³-hybridized carbons (Fsp3) is 0.684. The maximum atomic E-state index is 12.5. The number of nitrogens with one attached hydrogen (secondary N) is 1. The molecule has 1 saturated carbocycles. The van der Waals surface area contributed by atoms with E-state index in [0.29, 0.717) is 19.2 Å². The van der Waals surface area contributed by atoms with Gasteiger partial charge < -0.3 is 24.3 Å². The number of piperazine rings is 1. The number of carbonyl (C=O) groups is 1. The van der Waals surface area contributed by atoms with Crippen LogP contribution in [0.5, 0.6) is 0 Å². The lowest BCUT2D eigenvalue weighted by Gasteiger charge is -2.37. The molecule has 1 atom stereocenters. The van der Waals surface area contributed by atoms with Gasteiger partial charge in [-0.3, -0.25) is 9.79 Å². The highest BCUT2D eigenvalue weighted by molar-refractivity contribution is 5.83. The van der Waals surface area contributed by atoms with E-state index in [0.717, 1.165) is 57.2 Å². The van der Waals surface area contributed by atoms with Crippen molar-refractivity contribution >= 4 is 11.9 Å². The van der Waals surface area contributed by atoms with Crippen LogP contribution in [0, 0.1) is 0 Å². The Morgan fingerprint density at radius 3 is 2.65 bits per heavy atom. The van der Waals surface area contributed by atoms with E-state index < -0.39 is 0 Å². The summed E-state index contributed by atoms with van der Waals surface area (Å²) in [5.74, 6) is 2.10. The summed E-state index contributed by atoms with van der Waals surface area (Å²) in [5, 5.41) is 3.56. The van der Waals surface area contributed by atoms with Gasteiger partial charge in [0.05, 0.1) is 6.26 Å². The molecule has 0 bridgehead atoms. The van der Waals surface area contributed by atoms with Crippen LogP contribution >= 0.6 is 0 Å². The number of ether oxygens (including phenoxy) is 1. The molecule has 26 heavy (non-hydrogen) atoms. The summed E-state index contributed by atoms with van der Waals surface area (Å²) < 4.78 is 10.9. The summed E-state index contributed by atoms with van der Waals surface area (Å²) in [6.07, 6.45) is 6.58. The highest BCUT2D eigenvalue weighted by Crippen LogP contribution is 2.20. The Morgan fingerprint density at radius 1 is 1.19 bits per heavy atom. The van der Waals surface area contributed by atoms with Gasteiger partial charge in [0.25, 0.3) is 5.91 Å². The molecule has 2 saturated heterocycles. The number of guanidine groups is 1. The fourth-order valence-corrected chi connectivity index (χ4v) is 3.49. The van der Waals surface area contributed by atoms with Crippen LogP contribution in [0.15, 0.2) is 27.8 Å². The van der Waals surface area contributed by atoms with Crippen LogP contribution in [-0.4, -0.2) is 73.1 Å². The van der Waals surface area contributed by atoms with E-state index in [4.69, 9.17) is 14.1 Å². The standard InChI is InChI=1S/C19H28N4O3/c24-18(17-4-2-14-26-17)22-9-11-23(12-10-22)19(21-15-5-6-15)20-8-7-16-3-1-13-25-16/h1,3,13,15,17H,2,4-12,14H2,(H,20,21). The van der Waals surface area contributed by atoms with Crippen LogP contribution in [0.3, 0.4) is 0 Å². The van der Waals surface area contributed by atoms with Crippen molar-refractivity contribution in [1.82, 2.24) is 15.1 Å². The van der Waals surface area contributed by atoms with Crippen molar-refractivity contribution < 1.29 is 13.9 Å². The van der Waals surface area contributed by atoms with E-state index >= 15 is 0 Å². The predicted octanol–water partition coefficient (Wildman–Crippen LogP) is 1.25. The lowest BCUT2D eigenvalue weighted by atomic mass is 10.2. The van der Waals surface area contributed by atoms with Crippen LogP contribution in [0.1, 0.15) is 31.4 Å². The summed E-state index contributed by atoms with van der Waals surface area (Å²) >= 11 is 0. The van der Waals surface area contributed by atoms with E-state index in [2.05, 4.69) is 10.2 Å². The van der Waals surface area contributed by atoms with Crippen molar-refractivity contribution in [3.63, 3.8) is 0 Å². The van der Waals surface area contributed by atoms with E-state index in [1.165, 1.54) is 12.8 Å². The van der Waals surface area contributed by atoms with Crippen molar-refractivity contribution in [2.75, 3.05) is 39.3 Å². The van der Waals surface area contributed by atoms with Crippen molar-refractivity contribution in [2.45, 2.75) is 44.2 Å². The second-order valence-electron chi connectivity index (χ2n) is 7.27. The molecule has 4 rings (SSSR count). The molecule has 2 aliphatic heterocycles. The number of hydrogen-bond acceptors (Lipinski definition) is 4. The lowest BCUT2D eigenvalue weighted by molar-refractivity contribution is -0.142. The average Bonchev–Trinajstić information content (AvgIpc) is 3.13. The average molecular weight is 360 g/mol. The van der Waals surface area contributed by atoms with Crippen molar-refractivity contribution in [3.05, 3.63) is 24.2 Å².